The van der Waals surface area contributed by atoms with Gasteiger partial charge in [0.1, 0.15) is 5.69 Å². The topological polar surface area (TPSA) is 39.8 Å². The van der Waals surface area contributed by atoms with Crippen LogP contribution in [0.3, 0.4) is 0 Å². The first-order chi connectivity index (χ1) is 8.77. The maximum absolute atomic E-state index is 14.0. The summed E-state index contributed by atoms with van der Waals surface area (Å²) >= 11 is 0. The number of aromatic nitrogens is 2. The molecular weight excluding hydrogens is 231 g/mol. The fourth-order valence-corrected chi connectivity index (χ4v) is 3.31. The molecule has 0 bridgehead atoms. The Kier molecular flexibility index (Phi) is 3.18. The van der Waals surface area contributed by atoms with Crippen molar-refractivity contribution in [3.8, 4) is 0 Å². The molecule has 0 aromatic carbocycles. The SMILES string of the molecule is [O-][n+]1c(C2CCCCC2)nc(F)c2c1CCCC2. The van der Waals surface area contributed by atoms with Crippen LogP contribution in [-0.2, 0) is 12.8 Å². The van der Waals surface area contributed by atoms with Crippen molar-refractivity contribution in [2.75, 3.05) is 0 Å². The fraction of sp³-hybridized carbons (Fsp3) is 0.714. The Hall–Kier alpha value is -1.19. The van der Waals surface area contributed by atoms with Crippen molar-refractivity contribution in [2.45, 2.75) is 63.7 Å². The van der Waals surface area contributed by atoms with Crippen LogP contribution < -0.4 is 4.73 Å². The van der Waals surface area contributed by atoms with Crippen molar-refractivity contribution in [2.24, 2.45) is 0 Å². The molecule has 0 amide bonds. The lowest BCUT2D eigenvalue weighted by molar-refractivity contribution is -0.629. The minimum absolute atomic E-state index is 0.165. The maximum Gasteiger partial charge on any atom is 0.328 e. The second-order valence-corrected chi connectivity index (χ2v) is 5.52. The second kappa shape index (κ2) is 4.82. The van der Waals surface area contributed by atoms with Gasteiger partial charge in [0, 0.05) is 6.42 Å². The van der Waals surface area contributed by atoms with Gasteiger partial charge < -0.3 is 5.21 Å². The van der Waals surface area contributed by atoms with Crippen LogP contribution in [0.15, 0.2) is 0 Å². The van der Waals surface area contributed by atoms with Crippen LogP contribution in [0, 0.1) is 11.2 Å². The van der Waals surface area contributed by atoms with E-state index in [1.54, 1.807) is 0 Å². The molecule has 0 atom stereocenters. The van der Waals surface area contributed by atoms with Crippen molar-refractivity contribution < 1.29 is 9.12 Å². The highest BCUT2D eigenvalue weighted by atomic mass is 19.1. The smallest absolute Gasteiger partial charge is 0.328 e. The Labute approximate surface area is 107 Å². The monoisotopic (exact) mass is 250 g/mol. The van der Waals surface area contributed by atoms with Gasteiger partial charge in [0.2, 0.25) is 0 Å². The van der Waals surface area contributed by atoms with Gasteiger partial charge in [-0.15, -0.1) is 0 Å². The van der Waals surface area contributed by atoms with E-state index < -0.39 is 5.95 Å². The highest BCUT2D eigenvalue weighted by Gasteiger charge is 2.31. The van der Waals surface area contributed by atoms with Crippen molar-refractivity contribution >= 4 is 0 Å². The predicted octanol–water partition coefficient (Wildman–Crippen LogP) is 2.78. The van der Waals surface area contributed by atoms with Gasteiger partial charge in [0.15, 0.2) is 0 Å². The lowest BCUT2D eigenvalue weighted by atomic mass is 9.88. The fourth-order valence-electron chi connectivity index (χ4n) is 3.31. The molecule has 0 N–H and O–H groups in total. The molecule has 18 heavy (non-hydrogen) atoms. The van der Waals surface area contributed by atoms with Crippen molar-refractivity contribution in [1.82, 2.24) is 4.98 Å². The minimum atomic E-state index is -0.391. The number of hydrogen-bond donors (Lipinski definition) is 0. The molecule has 3 rings (SSSR count). The first kappa shape index (κ1) is 11.9. The van der Waals surface area contributed by atoms with E-state index in [1.807, 2.05) is 0 Å². The van der Waals surface area contributed by atoms with Gasteiger partial charge in [-0.3, -0.25) is 0 Å². The zero-order valence-electron chi connectivity index (χ0n) is 10.6. The first-order valence-corrected chi connectivity index (χ1v) is 7.08. The molecular formula is C14H19FN2O. The molecule has 1 aromatic rings. The molecule has 0 radical (unpaired) electrons. The summed E-state index contributed by atoms with van der Waals surface area (Å²) in [6.07, 6.45) is 8.77. The number of fused-ring (bicyclic) bond motifs is 1. The average molecular weight is 250 g/mol. The van der Waals surface area contributed by atoms with Crippen molar-refractivity contribution in [1.29, 1.82) is 0 Å². The van der Waals surface area contributed by atoms with Gasteiger partial charge in [-0.1, -0.05) is 19.3 Å². The van der Waals surface area contributed by atoms with Crippen molar-refractivity contribution in [3.05, 3.63) is 28.2 Å². The molecule has 4 heteroatoms. The standard InChI is InChI=1S/C14H19FN2O/c15-13-11-8-4-5-9-12(11)17(18)14(16-13)10-6-2-1-3-7-10/h10H,1-9H2. The van der Waals surface area contributed by atoms with E-state index in [-0.39, 0.29) is 5.92 Å². The molecule has 98 valence electrons. The first-order valence-electron chi connectivity index (χ1n) is 7.08. The third-order valence-corrected chi connectivity index (χ3v) is 4.32. The molecule has 0 spiro atoms. The van der Waals surface area contributed by atoms with Gasteiger partial charge in [-0.2, -0.15) is 4.39 Å². The molecule has 2 aliphatic rings. The molecule has 1 aromatic heterocycles. The highest BCUT2D eigenvalue weighted by Crippen LogP contribution is 2.31. The van der Waals surface area contributed by atoms with E-state index >= 15 is 0 Å². The zero-order valence-corrected chi connectivity index (χ0v) is 10.6. The normalized spacial score (nSPS) is 20.7. The number of hydrogen-bond acceptors (Lipinski definition) is 2. The van der Waals surface area contributed by atoms with E-state index in [2.05, 4.69) is 4.98 Å². The van der Waals surface area contributed by atoms with Gasteiger partial charge in [0.25, 0.3) is 0 Å². The quantitative estimate of drug-likeness (QED) is 0.437. The summed E-state index contributed by atoms with van der Waals surface area (Å²) in [6.45, 7) is 0. The highest BCUT2D eigenvalue weighted by molar-refractivity contribution is 5.18. The summed E-state index contributed by atoms with van der Waals surface area (Å²) in [5, 5.41) is 12.4. The van der Waals surface area contributed by atoms with Crippen LogP contribution in [0.25, 0.3) is 0 Å². The van der Waals surface area contributed by atoms with E-state index in [0.29, 0.717) is 29.9 Å². The summed E-state index contributed by atoms with van der Waals surface area (Å²) in [6, 6.07) is 0. The van der Waals surface area contributed by atoms with Crippen LogP contribution >= 0.6 is 0 Å². The Morgan fingerprint density at radius 3 is 2.56 bits per heavy atom. The zero-order chi connectivity index (χ0) is 12.5. The third kappa shape index (κ3) is 1.98. The predicted molar refractivity (Wildman–Crippen MR) is 65.6 cm³/mol. The summed E-state index contributed by atoms with van der Waals surface area (Å²) in [5.74, 6) is 0.211. The maximum atomic E-state index is 14.0. The Bertz CT molecular complexity index is 456. The third-order valence-electron chi connectivity index (χ3n) is 4.32. The van der Waals surface area contributed by atoms with E-state index in [1.165, 1.54) is 6.42 Å². The number of nitrogens with zero attached hydrogens (tertiary/aromatic N) is 2. The summed E-state index contributed by atoms with van der Waals surface area (Å²) in [5.41, 5.74) is 1.21. The lowest BCUT2D eigenvalue weighted by Crippen LogP contribution is -2.43. The summed E-state index contributed by atoms with van der Waals surface area (Å²) in [4.78, 5) is 3.99. The van der Waals surface area contributed by atoms with Crippen molar-refractivity contribution in [3.63, 3.8) is 0 Å². The Morgan fingerprint density at radius 1 is 1.06 bits per heavy atom. The molecule has 0 unspecified atom stereocenters. The second-order valence-electron chi connectivity index (χ2n) is 5.52. The van der Waals surface area contributed by atoms with Crippen LogP contribution in [0.1, 0.15) is 67.9 Å². The van der Waals surface area contributed by atoms with Crippen LogP contribution in [0.2, 0.25) is 0 Å². The molecule has 0 saturated heterocycles. The molecule has 2 aliphatic carbocycles. The molecule has 1 fully saturated rings. The van der Waals surface area contributed by atoms with Crippen LogP contribution in [0.5, 0.6) is 0 Å². The van der Waals surface area contributed by atoms with Gasteiger partial charge in [-0.25, -0.2) is 4.73 Å². The van der Waals surface area contributed by atoms with Crippen LogP contribution in [0.4, 0.5) is 4.39 Å². The van der Waals surface area contributed by atoms with E-state index in [0.717, 1.165) is 43.3 Å². The minimum Gasteiger partial charge on any atom is -0.711 e. The number of rotatable bonds is 1. The Morgan fingerprint density at radius 2 is 1.78 bits per heavy atom. The van der Waals surface area contributed by atoms with Gasteiger partial charge in [-0.05, 0) is 37.1 Å². The Balaban J connectivity index is 2.01. The lowest BCUT2D eigenvalue weighted by Gasteiger charge is -2.24. The van der Waals surface area contributed by atoms with Crippen LogP contribution in [-0.4, -0.2) is 4.98 Å². The molecule has 3 nitrogen and oxygen atoms in total. The summed E-state index contributed by atoms with van der Waals surface area (Å²) in [7, 11) is 0. The van der Waals surface area contributed by atoms with Gasteiger partial charge >= 0.3 is 11.8 Å². The average Bonchev–Trinajstić information content (AvgIpc) is 2.44. The summed E-state index contributed by atoms with van der Waals surface area (Å²) < 4.78 is 15.0. The van der Waals surface area contributed by atoms with Gasteiger partial charge in [0.05, 0.1) is 11.5 Å². The molecule has 0 aliphatic heterocycles. The largest absolute Gasteiger partial charge is 0.711 e. The van der Waals surface area contributed by atoms with E-state index in [9.17, 15) is 9.60 Å². The molecule has 1 saturated carbocycles. The number of halogens is 1. The molecule has 1 heterocycles. The van der Waals surface area contributed by atoms with E-state index in [4.69, 9.17) is 0 Å².